The minimum Gasteiger partial charge on any atom is -0.396 e. The number of nitrogens with two attached hydrogens (primary N) is 1. The van der Waals surface area contributed by atoms with Gasteiger partial charge in [-0.3, -0.25) is 0 Å². The molecule has 2 nitrogen and oxygen atoms in total. The number of hydrogen-bond donors (Lipinski definition) is 2. The zero-order valence-electron chi connectivity index (χ0n) is 10.4. The first-order valence-corrected chi connectivity index (χ1v) is 6.26. The van der Waals surface area contributed by atoms with Crippen LogP contribution in [0.25, 0.3) is 0 Å². The van der Waals surface area contributed by atoms with E-state index in [4.69, 9.17) is 5.73 Å². The van der Waals surface area contributed by atoms with Crippen molar-refractivity contribution in [2.24, 2.45) is 11.7 Å². The quantitative estimate of drug-likeness (QED) is 0.845. The lowest BCUT2D eigenvalue weighted by Gasteiger charge is -2.22. The maximum absolute atomic E-state index is 9.54. The van der Waals surface area contributed by atoms with E-state index in [1.165, 1.54) is 5.56 Å². The highest BCUT2D eigenvalue weighted by Gasteiger charge is 2.18. The molecule has 0 fully saturated rings. The lowest BCUT2D eigenvalue weighted by atomic mass is 9.89. The lowest BCUT2D eigenvalue weighted by Crippen LogP contribution is -2.26. The minimum atomic E-state index is -0.128. The molecule has 2 atom stereocenters. The van der Waals surface area contributed by atoms with Crippen molar-refractivity contribution in [2.45, 2.75) is 12.5 Å². The summed E-state index contributed by atoms with van der Waals surface area (Å²) >= 11 is 0. The smallest absolute Gasteiger partial charge is 0.0480 e. The van der Waals surface area contributed by atoms with Gasteiger partial charge in [0.05, 0.1) is 0 Å². The van der Waals surface area contributed by atoms with Gasteiger partial charge in [0.2, 0.25) is 0 Å². The Balaban J connectivity index is 2.09. The summed E-state index contributed by atoms with van der Waals surface area (Å²) in [7, 11) is 0. The molecule has 2 heteroatoms. The molecule has 0 spiro atoms. The average Bonchev–Trinajstić information content (AvgIpc) is 2.46. The Morgan fingerprint density at radius 2 is 1.44 bits per heavy atom. The van der Waals surface area contributed by atoms with Crippen LogP contribution < -0.4 is 5.73 Å². The fourth-order valence-corrected chi connectivity index (χ4v) is 2.17. The third kappa shape index (κ3) is 3.19. The van der Waals surface area contributed by atoms with E-state index in [-0.39, 0.29) is 18.6 Å². The van der Waals surface area contributed by atoms with Crippen molar-refractivity contribution in [3.63, 3.8) is 0 Å². The van der Waals surface area contributed by atoms with Crippen LogP contribution in [-0.2, 0) is 6.42 Å². The second-order valence-electron chi connectivity index (χ2n) is 4.57. The molecule has 0 amide bonds. The van der Waals surface area contributed by atoms with Crippen LogP contribution in [0.5, 0.6) is 0 Å². The van der Waals surface area contributed by atoms with Crippen LogP contribution in [0.3, 0.4) is 0 Å². The van der Waals surface area contributed by atoms with Gasteiger partial charge in [0.1, 0.15) is 0 Å². The summed E-state index contributed by atoms with van der Waals surface area (Å²) in [5, 5.41) is 9.54. The zero-order valence-corrected chi connectivity index (χ0v) is 10.4. The fourth-order valence-electron chi connectivity index (χ4n) is 2.17. The fraction of sp³-hybridized carbons (Fsp3) is 0.250. The van der Waals surface area contributed by atoms with Gasteiger partial charge in [-0.2, -0.15) is 0 Å². The second-order valence-corrected chi connectivity index (χ2v) is 4.57. The number of rotatable bonds is 5. The molecule has 0 bridgehead atoms. The standard InChI is InChI=1S/C16H19NO/c17-16(14-9-5-2-6-10-14)15(12-18)11-13-7-3-1-4-8-13/h1-10,15-16,18H,11-12,17H2/t15-,16+/m1/s1. The number of aliphatic hydroxyl groups is 1. The molecular weight excluding hydrogens is 222 g/mol. The largest absolute Gasteiger partial charge is 0.396 e. The molecule has 3 N–H and O–H groups in total. The number of hydrogen-bond acceptors (Lipinski definition) is 2. The number of aliphatic hydroxyl groups excluding tert-OH is 1. The van der Waals surface area contributed by atoms with Crippen LogP contribution in [0.1, 0.15) is 17.2 Å². The maximum Gasteiger partial charge on any atom is 0.0480 e. The molecule has 0 aliphatic rings. The number of benzene rings is 2. The monoisotopic (exact) mass is 241 g/mol. The first kappa shape index (κ1) is 12.8. The summed E-state index contributed by atoms with van der Waals surface area (Å²) in [4.78, 5) is 0. The summed E-state index contributed by atoms with van der Waals surface area (Å²) in [6.07, 6.45) is 0.799. The summed E-state index contributed by atoms with van der Waals surface area (Å²) in [6, 6.07) is 20.0. The van der Waals surface area contributed by atoms with Crippen LogP contribution in [0.4, 0.5) is 0 Å². The van der Waals surface area contributed by atoms with E-state index in [1.54, 1.807) is 0 Å². The summed E-state index contributed by atoms with van der Waals surface area (Å²) < 4.78 is 0. The van der Waals surface area contributed by atoms with Crippen molar-refractivity contribution in [1.29, 1.82) is 0 Å². The predicted octanol–water partition coefficient (Wildman–Crippen LogP) is 2.54. The highest BCUT2D eigenvalue weighted by Crippen LogP contribution is 2.22. The summed E-state index contributed by atoms with van der Waals surface area (Å²) in [6.45, 7) is 0.102. The van der Waals surface area contributed by atoms with Crippen molar-refractivity contribution >= 4 is 0 Å². The molecule has 0 heterocycles. The molecule has 0 saturated heterocycles. The van der Waals surface area contributed by atoms with E-state index in [2.05, 4.69) is 12.1 Å². The van der Waals surface area contributed by atoms with Crippen molar-refractivity contribution in [3.8, 4) is 0 Å². The molecule has 94 valence electrons. The van der Waals surface area contributed by atoms with Crippen LogP contribution in [0.2, 0.25) is 0 Å². The molecular formula is C16H19NO. The minimum absolute atomic E-state index is 0.0507. The summed E-state index contributed by atoms with van der Waals surface area (Å²) in [5.41, 5.74) is 8.53. The topological polar surface area (TPSA) is 46.2 Å². The van der Waals surface area contributed by atoms with Gasteiger partial charge in [0.25, 0.3) is 0 Å². The first-order valence-electron chi connectivity index (χ1n) is 6.26. The van der Waals surface area contributed by atoms with Gasteiger partial charge >= 0.3 is 0 Å². The van der Waals surface area contributed by atoms with Gasteiger partial charge < -0.3 is 10.8 Å². The zero-order chi connectivity index (χ0) is 12.8. The molecule has 0 saturated carbocycles. The van der Waals surface area contributed by atoms with Gasteiger partial charge in [-0.15, -0.1) is 0 Å². The SMILES string of the molecule is N[C@@H](c1ccccc1)[C@@H](CO)Cc1ccccc1. The Morgan fingerprint density at radius 3 is 2.00 bits per heavy atom. The highest BCUT2D eigenvalue weighted by molar-refractivity contribution is 5.21. The Morgan fingerprint density at radius 1 is 0.889 bits per heavy atom. The van der Waals surface area contributed by atoms with Crippen molar-refractivity contribution in [2.75, 3.05) is 6.61 Å². The molecule has 0 aromatic heterocycles. The van der Waals surface area contributed by atoms with Gasteiger partial charge in [-0.1, -0.05) is 60.7 Å². The Bertz CT molecular complexity index is 455. The molecule has 2 rings (SSSR count). The Kier molecular flexibility index (Phi) is 4.51. The van der Waals surface area contributed by atoms with Crippen LogP contribution in [0, 0.1) is 5.92 Å². The van der Waals surface area contributed by atoms with E-state index >= 15 is 0 Å². The van der Waals surface area contributed by atoms with Crippen LogP contribution in [0.15, 0.2) is 60.7 Å². The van der Waals surface area contributed by atoms with Gasteiger partial charge in [-0.25, -0.2) is 0 Å². The molecule has 0 unspecified atom stereocenters. The molecule has 0 aliphatic carbocycles. The molecule has 0 radical (unpaired) electrons. The van der Waals surface area contributed by atoms with Gasteiger partial charge in [0, 0.05) is 18.6 Å². The van der Waals surface area contributed by atoms with E-state index < -0.39 is 0 Å². The van der Waals surface area contributed by atoms with E-state index in [0.717, 1.165) is 12.0 Å². The maximum atomic E-state index is 9.54. The van der Waals surface area contributed by atoms with Crippen LogP contribution >= 0.6 is 0 Å². The Labute approximate surface area is 108 Å². The van der Waals surface area contributed by atoms with Gasteiger partial charge in [0.15, 0.2) is 0 Å². The highest BCUT2D eigenvalue weighted by atomic mass is 16.3. The van der Waals surface area contributed by atoms with E-state index in [9.17, 15) is 5.11 Å². The first-order chi connectivity index (χ1) is 8.81. The average molecular weight is 241 g/mol. The van der Waals surface area contributed by atoms with Crippen molar-refractivity contribution in [1.82, 2.24) is 0 Å². The summed E-state index contributed by atoms with van der Waals surface area (Å²) in [5.74, 6) is 0.0507. The van der Waals surface area contributed by atoms with E-state index in [0.29, 0.717) is 0 Å². The Hall–Kier alpha value is -1.64. The van der Waals surface area contributed by atoms with Crippen LogP contribution in [-0.4, -0.2) is 11.7 Å². The predicted molar refractivity (Wildman–Crippen MR) is 74.1 cm³/mol. The molecule has 2 aromatic rings. The third-order valence-corrected chi connectivity index (χ3v) is 3.27. The third-order valence-electron chi connectivity index (χ3n) is 3.27. The second kappa shape index (κ2) is 6.34. The van der Waals surface area contributed by atoms with Crippen molar-refractivity contribution in [3.05, 3.63) is 71.8 Å². The van der Waals surface area contributed by atoms with Crippen molar-refractivity contribution < 1.29 is 5.11 Å². The lowest BCUT2D eigenvalue weighted by molar-refractivity contribution is 0.204. The normalized spacial score (nSPS) is 14.1. The van der Waals surface area contributed by atoms with E-state index in [1.807, 2.05) is 48.5 Å². The van der Waals surface area contributed by atoms with Gasteiger partial charge in [-0.05, 0) is 17.5 Å². The molecule has 2 aromatic carbocycles. The molecule has 18 heavy (non-hydrogen) atoms. The molecule has 0 aliphatic heterocycles.